The van der Waals surface area contributed by atoms with Crippen LogP contribution >= 0.6 is 0 Å². The van der Waals surface area contributed by atoms with Crippen LogP contribution in [0.1, 0.15) is 81.8 Å². The smallest absolute Gasteiger partial charge is 0.232 e. The lowest BCUT2D eigenvalue weighted by Crippen LogP contribution is -2.49. The van der Waals surface area contributed by atoms with E-state index in [1.807, 2.05) is 36.4 Å². The molecule has 4 nitrogen and oxygen atoms in total. The van der Waals surface area contributed by atoms with Gasteiger partial charge in [0.15, 0.2) is 0 Å². The molecule has 0 bridgehead atoms. The molecule has 0 spiro atoms. The van der Waals surface area contributed by atoms with E-state index in [1.165, 1.54) is 70.8 Å². The molecular formula is C31H45N3O. The first-order chi connectivity index (χ1) is 17.2. The zero-order valence-corrected chi connectivity index (χ0v) is 21.5. The lowest BCUT2D eigenvalue weighted by Gasteiger charge is -2.37. The molecule has 2 aromatic rings. The molecule has 35 heavy (non-hydrogen) atoms. The number of hydrogen-bond acceptors (Lipinski definition) is 3. The molecule has 0 aromatic heterocycles. The van der Waals surface area contributed by atoms with Gasteiger partial charge < -0.3 is 16.0 Å². The summed E-state index contributed by atoms with van der Waals surface area (Å²) in [6, 6.07) is 21.2. The molecule has 1 heterocycles. The summed E-state index contributed by atoms with van der Waals surface area (Å²) < 4.78 is 0. The summed E-state index contributed by atoms with van der Waals surface area (Å²) in [5.74, 6) is -0.0404. The third kappa shape index (κ3) is 6.54. The van der Waals surface area contributed by atoms with Gasteiger partial charge in [0.1, 0.15) is 5.41 Å². The predicted molar refractivity (Wildman–Crippen MR) is 145 cm³/mol. The van der Waals surface area contributed by atoms with Crippen LogP contribution in [0.2, 0.25) is 0 Å². The summed E-state index contributed by atoms with van der Waals surface area (Å²) in [7, 11) is 0. The van der Waals surface area contributed by atoms with Gasteiger partial charge in [-0.1, -0.05) is 99.2 Å². The molecular weight excluding hydrogens is 430 g/mol. The van der Waals surface area contributed by atoms with Crippen molar-refractivity contribution in [3.05, 3.63) is 71.8 Å². The molecule has 1 saturated carbocycles. The molecule has 2 aliphatic rings. The van der Waals surface area contributed by atoms with Gasteiger partial charge in [-0.2, -0.15) is 0 Å². The molecule has 1 amide bonds. The Labute approximate surface area is 212 Å². The van der Waals surface area contributed by atoms with E-state index < -0.39 is 5.41 Å². The fourth-order valence-corrected chi connectivity index (χ4v) is 6.52. The van der Waals surface area contributed by atoms with Crippen molar-refractivity contribution in [1.29, 1.82) is 0 Å². The molecule has 2 aromatic carbocycles. The number of benzene rings is 2. The standard InChI is InChI=1S/C31H45N3O/c32-30(35)31(26-15-7-5-8-16-26,27-17-9-6-10-18-27)28-21-24-34(25-28)23-14-4-2-1-3-13-22-33-29-19-11-12-20-29/h5-10,15-18,28-29,33H,1-4,11-14,19-25H2,(H2,32,35). The maximum atomic E-state index is 13.2. The average Bonchev–Trinajstić information content (AvgIpc) is 3.57. The van der Waals surface area contributed by atoms with Crippen LogP contribution in [0.15, 0.2) is 60.7 Å². The Balaban J connectivity index is 1.24. The summed E-state index contributed by atoms with van der Waals surface area (Å²) in [6.45, 7) is 4.30. The van der Waals surface area contributed by atoms with E-state index in [1.54, 1.807) is 0 Å². The Kier molecular flexibility index (Phi) is 9.79. The van der Waals surface area contributed by atoms with Crippen molar-refractivity contribution in [2.24, 2.45) is 11.7 Å². The molecule has 1 saturated heterocycles. The third-order valence-corrected chi connectivity index (χ3v) is 8.42. The van der Waals surface area contributed by atoms with Crippen molar-refractivity contribution in [3.8, 4) is 0 Å². The van der Waals surface area contributed by atoms with Crippen LogP contribution in [0.3, 0.4) is 0 Å². The highest BCUT2D eigenvalue weighted by Crippen LogP contribution is 2.43. The Morgan fingerprint density at radius 3 is 2.00 bits per heavy atom. The highest BCUT2D eigenvalue weighted by atomic mass is 16.1. The molecule has 1 atom stereocenters. The van der Waals surface area contributed by atoms with Gasteiger partial charge in [-0.15, -0.1) is 0 Å². The Bertz CT molecular complexity index is 839. The Hall–Kier alpha value is -2.17. The minimum atomic E-state index is -0.774. The van der Waals surface area contributed by atoms with Gasteiger partial charge in [0.05, 0.1) is 0 Å². The van der Waals surface area contributed by atoms with Crippen molar-refractivity contribution < 1.29 is 4.79 Å². The number of carbonyl (C=O) groups excluding carboxylic acids is 1. The molecule has 2 fully saturated rings. The zero-order valence-electron chi connectivity index (χ0n) is 21.5. The Morgan fingerprint density at radius 2 is 1.40 bits per heavy atom. The number of amides is 1. The molecule has 0 radical (unpaired) electrons. The monoisotopic (exact) mass is 475 g/mol. The van der Waals surface area contributed by atoms with Gasteiger partial charge in [-0.05, 0) is 68.8 Å². The fourth-order valence-electron chi connectivity index (χ4n) is 6.52. The van der Waals surface area contributed by atoms with Crippen molar-refractivity contribution in [2.75, 3.05) is 26.2 Å². The molecule has 1 unspecified atom stereocenters. The summed E-state index contributed by atoms with van der Waals surface area (Å²) in [5, 5.41) is 3.73. The van der Waals surface area contributed by atoms with Gasteiger partial charge in [-0.3, -0.25) is 4.79 Å². The second kappa shape index (κ2) is 13.2. The zero-order chi connectivity index (χ0) is 24.3. The van der Waals surface area contributed by atoms with Crippen molar-refractivity contribution >= 4 is 5.91 Å². The van der Waals surface area contributed by atoms with Crippen LogP contribution in [0.5, 0.6) is 0 Å². The highest BCUT2D eigenvalue weighted by Gasteiger charge is 2.49. The lowest BCUT2D eigenvalue weighted by atomic mass is 9.64. The largest absolute Gasteiger partial charge is 0.369 e. The number of nitrogens with two attached hydrogens (primary N) is 1. The summed E-state index contributed by atoms with van der Waals surface area (Å²) in [5.41, 5.74) is 7.49. The topological polar surface area (TPSA) is 58.4 Å². The molecule has 4 heteroatoms. The van der Waals surface area contributed by atoms with Crippen molar-refractivity contribution in [1.82, 2.24) is 10.2 Å². The maximum absolute atomic E-state index is 13.2. The van der Waals surface area contributed by atoms with Crippen LogP contribution in [-0.2, 0) is 10.2 Å². The number of hydrogen-bond donors (Lipinski definition) is 2. The second-order valence-corrected chi connectivity index (χ2v) is 10.7. The quantitative estimate of drug-likeness (QED) is 0.347. The number of nitrogens with zero attached hydrogens (tertiary/aromatic N) is 1. The molecule has 190 valence electrons. The van der Waals surface area contributed by atoms with Crippen molar-refractivity contribution in [3.63, 3.8) is 0 Å². The normalized spacial score (nSPS) is 19.4. The Morgan fingerprint density at radius 1 is 0.829 bits per heavy atom. The first-order valence-electron chi connectivity index (χ1n) is 14.1. The van der Waals surface area contributed by atoms with E-state index in [2.05, 4.69) is 34.5 Å². The van der Waals surface area contributed by atoms with Gasteiger partial charge in [0.2, 0.25) is 5.91 Å². The van der Waals surface area contributed by atoms with Crippen LogP contribution in [-0.4, -0.2) is 43.0 Å². The molecule has 3 N–H and O–H groups in total. The predicted octanol–water partition coefficient (Wildman–Crippen LogP) is 5.65. The second-order valence-electron chi connectivity index (χ2n) is 10.7. The van der Waals surface area contributed by atoms with Gasteiger partial charge in [-0.25, -0.2) is 0 Å². The summed E-state index contributed by atoms with van der Waals surface area (Å²) in [6.07, 6.45) is 14.5. The minimum absolute atomic E-state index is 0.192. The van der Waals surface area contributed by atoms with Crippen LogP contribution < -0.4 is 11.1 Å². The number of likely N-dealkylation sites (tertiary alicyclic amines) is 1. The van der Waals surface area contributed by atoms with Crippen molar-refractivity contribution in [2.45, 2.75) is 82.1 Å². The molecule has 1 aliphatic carbocycles. The van der Waals surface area contributed by atoms with E-state index in [-0.39, 0.29) is 11.8 Å². The lowest BCUT2D eigenvalue weighted by molar-refractivity contribution is -0.123. The summed E-state index contributed by atoms with van der Waals surface area (Å²) in [4.78, 5) is 15.8. The number of primary amides is 1. The highest BCUT2D eigenvalue weighted by molar-refractivity contribution is 5.91. The number of carbonyl (C=O) groups is 1. The van der Waals surface area contributed by atoms with E-state index >= 15 is 0 Å². The van der Waals surface area contributed by atoms with Gasteiger partial charge in [0, 0.05) is 12.6 Å². The number of unbranched alkanes of at least 4 members (excludes halogenated alkanes) is 5. The number of rotatable bonds is 14. The maximum Gasteiger partial charge on any atom is 0.232 e. The molecule has 4 rings (SSSR count). The van der Waals surface area contributed by atoms with Gasteiger partial charge >= 0.3 is 0 Å². The van der Waals surface area contributed by atoms with E-state index in [4.69, 9.17) is 5.73 Å². The van der Waals surface area contributed by atoms with Crippen LogP contribution in [0, 0.1) is 5.92 Å². The first kappa shape index (κ1) is 25.9. The number of nitrogens with one attached hydrogen (secondary N) is 1. The first-order valence-corrected chi connectivity index (χ1v) is 14.1. The fraction of sp³-hybridized carbons (Fsp3) is 0.581. The van der Waals surface area contributed by atoms with E-state index in [9.17, 15) is 4.79 Å². The van der Waals surface area contributed by atoms with E-state index in [0.717, 1.165) is 43.2 Å². The van der Waals surface area contributed by atoms with Gasteiger partial charge in [0.25, 0.3) is 0 Å². The third-order valence-electron chi connectivity index (χ3n) is 8.42. The van der Waals surface area contributed by atoms with E-state index in [0.29, 0.717) is 0 Å². The SMILES string of the molecule is NC(=O)C(c1ccccc1)(c1ccccc1)C1CCN(CCCCCCCCNC2CCCC2)C1. The minimum Gasteiger partial charge on any atom is -0.369 e. The van der Waals surface area contributed by atoms with Crippen LogP contribution in [0.25, 0.3) is 0 Å². The summed E-state index contributed by atoms with van der Waals surface area (Å²) >= 11 is 0. The van der Waals surface area contributed by atoms with Crippen LogP contribution in [0.4, 0.5) is 0 Å². The molecule has 1 aliphatic heterocycles. The average molecular weight is 476 g/mol.